The van der Waals surface area contributed by atoms with Gasteiger partial charge < -0.3 is 19.4 Å². The van der Waals surface area contributed by atoms with Gasteiger partial charge in [-0.15, -0.1) is 0 Å². The third kappa shape index (κ3) is 5.02. The van der Waals surface area contributed by atoms with Crippen LogP contribution in [0, 0.1) is 11.8 Å². The summed E-state index contributed by atoms with van der Waals surface area (Å²) in [5.74, 6) is 1.22. The Balaban J connectivity index is 1.42. The molecule has 1 amide bonds. The van der Waals surface area contributed by atoms with Crippen molar-refractivity contribution in [2.45, 2.75) is 44.7 Å². The largest absolute Gasteiger partial charge is 0.486 e. The molecular weight excluding hydrogens is 506 g/mol. The average molecular weight is 540 g/mol. The van der Waals surface area contributed by atoms with Crippen molar-refractivity contribution in [2.75, 3.05) is 26.2 Å². The fraction of sp³-hybridized carbons (Fsp3) is 0.429. The lowest BCUT2D eigenvalue weighted by molar-refractivity contribution is 0.0788. The topological polar surface area (TPSA) is 107 Å². The third-order valence-electron chi connectivity index (χ3n) is 7.17. The summed E-state index contributed by atoms with van der Waals surface area (Å²) in [6.07, 6.45) is 2.10. The first-order chi connectivity index (χ1) is 18.2. The van der Waals surface area contributed by atoms with Crippen LogP contribution in [0.3, 0.4) is 0 Å². The number of benzene rings is 2. The summed E-state index contributed by atoms with van der Waals surface area (Å²) in [5.41, 5.74) is 0.0195. The number of nitrogens with one attached hydrogen (secondary N) is 1. The predicted molar refractivity (Wildman–Crippen MR) is 144 cm³/mol. The first-order valence-electron chi connectivity index (χ1n) is 13.0. The Morgan fingerprint density at radius 2 is 1.79 bits per heavy atom. The van der Waals surface area contributed by atoms with Crippen LogP contribution in [-0.4, -0.2) is 55.5 Å². The van der Waals surface area contributed by atoms with Gasteiger partial charge in [0.15, 0.2) is 11.5 Å². The number of amides is 1. The third-order valence-corrected chi connectivity index (χ3v) is 9.00. The summed E-state index contributed by atoms with van der Waals surface area (Å²) in [4.78, 5) is 26.7. The maximum atomic E-state index is 13.5. The van der Waals surface area contributed by atoms with Crippen LogP contribution in [0.2, 0.25) is 0 Å². The Kier molecular flexibility index (Phi) is 7.19. The number of hydrogen-bond donors (Lipinski definition) is 1. The highest BCUT2D eigenvalue weighted by atomic mass is 32.2. The number of ether oxygens (including phenoxy) is 2. The number of nitrogens with zero attached hydrogens (tertiary/aromatic N) is 2. The fourth-order valence-electron chi connectivity index (χ4n) is 5.38. The SMILES string of the molecule is CCn1cc(C(=O)NC[C@@H]2COc3ccccc3O2)c(=O)c2cc(S(=O)(=O)N3C[C@H](C)C[C@H](C)C3)ccc21. The summed E-state index contributed by atoms with van der Waals surface area (Å²) in [7, 11) is -3.78. The molecule has 9 nitrogen and oxygen atoms in total. The molecular formula is C28H33N3O6S. The van der Waals surface area contributed by atoms with E-state index in [0.29, 0.717) is 36.6 Å². The molecule has 0 aliphatic carbocycles. The van der Waals surface area contributed by atoms with Crippen LogP contribution in [0.15, 0.2) is 58.4 Å². The quantitative estimate of drug-likeness (QED) is 0.515. The molecule has 1 aromatic heterocycles. The summed E-state index contributed by atoms with van der Waals surface area (Å²) >= 11 is 0. The summed E-state index contributed by atoms with van der Waals surface area (Å²) in [5, 5.41) is 2.98. The van der Waals surface area contributed by atoms with Crippen LogP contribution in [-0.2, 0) is 16.6 Å². The number of aryl methyl sites for hydroxylation is 1. The monoisotopic (exact) mass is 539 g/mol. The number of hydrogen-bond acceptors (Lipinski definition) is 6. The molecule has 202 valence electrons. The lowest BCUT2D eigenvalue weighted by atomic mass is 9.94. The van der Waals surface area contributed by atoms with Gasteiger partial charge in [-0.05, 0) is 55.5 Å². The minimum absolute atomic E-state index is 0.0498. The standard InChI is InChI=1S/C28H33N3O6S/c1-4-30-16-23(28(33)29-13-20-17-36-25-7-5-6-8-26(25)37-20)27(32)22-12-21(9-10-24(22)30)38(34,35)31-14-18(2)11-19(3)15-31/h5-10,12,16,18-20H,4,11,13-15,17H2,1-3H3,(H,29,33)/t18-,19+,20-/m1/s1. The summed E-state index contributed by atoms with van der Waals surface area (Å²) in [6, 6.07) is 11.9. The number of para-hydroxylation sites is 2. The molecule has 10 heteroatoms. The van der Waals surface area contributed by atoms with Crippen LogP contribution in [0.5, 0.6) is 11.5 Å². The number of pyridine rings is 1. The van der Waals surface area contributed by atoms with E-state index in [2.05, 4.69) is 5.32 Å². The molecule has 3 atom stereocenters. The predicted octanol–water partition coefficient (Wildman–Crippen LogP) is 3.26. The van der Waals surface area contributed by atoms with Crippen LogP contribution >= 0.6 is 0 Å². The van der Waals surface area contributed by atoms with Crippen LogP contribution in [0.4, 0.5) is 0 Å². The molecule has 1 saturated heterocycles. The van der Waals surface area contributed by atoms with Gasteiger partial charge in [-0.3, -0.25) is 9.59 Å². The Morgan fingerprint density at radius 3 is 2.50 bits per heavy atom. The van der Waals surface area contributed by atoms with Gasteiger partial charge in [0.25, 0.3) is 5.91 Å². The Labute approximate surface area is 222 Å². The first-order valence-corrected chi connectivity index (χ1v) is 14.5. The molecule has 2 aliphatic rings. The van der Waals surface area contributed by atoms with E-state index >= 15 is 0 Å². The van der Waals surface area contributed by atoms with Crippen molar-refractivity contribution in [1.82, 2.24) is 14.2 Å². The van der Waals surface area contributed by atoms with Gasteiger partial charge in [-0.25, -0.2) is 8.42 Å². The zero-order chi connectivity index (χ0) is 27.0. The van der Waals surface area contributed by atoms with Crippen LogP contribution in [0.25, 0.3) is 10.9 Å². The fourth-order valence-corrected chi connectivity index (χ4v) is 7.08. The van der Waals surface area contributed by atoms with Crippen molar-refractivity contribution in [2.24, 2.45) is 11.8 Å². The molecule has 0 radical (unpaired) electrons. The van der Waals surface area contributed by atoms with Crippen LogP contribution in [0.1, 0.15) is 37.6 Å². The molecule has 2 aliphatic heterocycles. The van der Waals surface area contributed by atoms with E-state index in [-0.39, 0.29) is 40.8 Å². The van der Waals surface area contributed by atoms with E-state index < -0.39 is 27.5 Å². The van der Waals surface area contributed by atoms with Gasteiger partial charge >= 0.3 is 0 Å². The molecule has 38 heavy (non-hydrogen) atoms. The normalized spacial score (nSPS) is 21.8. The number of piperidine rings is 1. The highest BCUT2D eigenvalue weighted by Crippen LogP contribution is 2.31. The highest BCUT2D eigenvalue weighted by molar-refractivity contribution is 7.89. The van der Waals surface area contributed by atoms with Gasteiger partial charge in [0.2, 0.25) is 15.5 Å². The number of carbonyl (C=O) groups is 1. The maximum absolute atomic E-state index is 13.5. The second-order valence-electron chi connectivity index (χ2n) is 10.3. The van der Waals surface area contributed by atoms with Gasteiger partial charge in [-0.1, -0.05) is 26.0 Å². The van der Waals surface area contributed by atoms with E-state index in [4.69, 9.17) is 9.47 Å². The Hall–Kier alpha value is -3.37. The van der Waals surface area contributed by atoms with E-state index in [1.807, 2.05) is 39.0 Å². The molecule has 3 aromatic rings. The number of fused-ring (bicyclic) bond motifs is 2. The lowest BCUT2D eigenvalue weighted by Crippen LogP contribution is -2.42. The van der Waals surface area contributed by atoms with Crippen molar-refractivity contribution >= 4 is 26.8 Å². The van der Waals surface area contributed by atoms with E-state index in [1.54, 1.807) is 22.8 Å². The number of aromatic nitrogens is 1. The Bertz CT molecular complexity index is 1520. The average Bonchev–Trinajstić information content (AvgIpc) is 2.91. The molecule has 5 rings (SSSR count). The van der Waals surface area contributed by atoms with Crippen molar-refractivity contribution < 1.29 is 22.7 Å². The molecule has 0 unspecified atom stereocenters. The second kappa shape index (κ2) is 10.4. The molecule has 0 saturated carbocycles. The summed E-state index contributed by atoms with van der Waals surface area (Å²) in [6.45, 7) is 7.81. The maximum Gasteiger partial charge on any atom is 0.256 e. The zero-order valence-electron chi connectivity index (χ0n) is 21.8. The number of rotatable bonds is 6. The van der Waals surface area contributed by atoms with E-state index in [9.17, 15) is 18.0 Å². The van der Waals surface area contributed by atoms with Crippen molar-refractivity contribution in [3.8, 4) is 11.5 Å². The minimum atomic E-state index is -3.78. The van der Waals surface area contributed by atoms with E-state index in [0.717, 1.165) is 6.42 Å². The number of sulfonamides is 1. The molecule has 3 heterocycles. The number of carbonyl (C=O) groups excluding carboxylic acids is 1. The van der Waals surface area contributed by atoms with Gasteiger partial charge in [-0.2, -0.15) is 4.31 Å². The highest BCUT2D eigenvalue weighted by Gasteiger charge is 2.32. The van der Waals surface area contributed by atoms with Crippen molar-refractivity contribution in [3.05, 3.63) is 64.4 Å². The molecule has 1 N–H and O–H groups in total. The van der Waals surface area contributed by atoms with Gasteiger partial charge in [0.1, 0.15) is 18.3 Å². The van der Waals surface area contributed by atoms with Gasteiger partial charge in [0, 0.05) is 31.2 Å². The molecule has 2 aromatic carbocycles. The molecule has 0 spiro atoms. The summed E-state index contributed by atoms with van der Waals surface area (Å²) < 4.78 is 41.8. The first kappa shape index (κ1) is 26.2. The zero-order valence-corrected chi connectivity index (χ0v) is 22.7. The lowest BCUT2D eigenvalue weighted by Gasteiger charge is -2.34. The minimum Gasteiger partial charge on any atom is -0.486 e. The van der Waals surface area contributed by atoms with Crippen molar-refractivity contribution in [3.63, 3.8) is 0 Å². The molecule has 0 bridgehead atoms. The van der Waals surface area contributed by atoms with Crippen LogP contribution < -0.4 is 20.2 Å². The second-order valence-corrected chi connectivity index (χ2v) is 12.3. The smallest absolute Gasteiger partial charge is 0.256 e. The van der Waals surface area contributed by atoms with Crippen molar-refractivity contribution in [1.29, 1.82) is 0 Å². The van der Waals surface area contributed by atoms with E-state index in [1.165, 1.54) is 16.6 Å². The van der Waals surface area contributed by atoms with Gasteiger partial charge in [0.05, 0.1) is 17.0 Å². The Morgan fingerprint density at radius 1 is 1.08 bits per heavy atom. The molecule has 1 fully saturated rings.